The van der Waals surface area contributed by atoms with Crippen LogP contribution in [0.3, 0.4) is 0 Å². The summed E-state index contributed by atoms with van der Waals surface area (Å²) in [6, 6.07) is 3.76. The van der Waals surface area contributed by atoms with Crippen molar-refractivity contribution in [2.24, 2.45) is 0 Å². The van der Waals surface area contributed by atoms with Crippen LogP contribution in [0.4, 0.5) is 0 Å². The largest absolute Gasteiger partial charge is 0.493 e. The molecule has 1 N–H and O–H groups in total. The first kappa shape index (κ1) is 12.0. The van der Waals surface area contributed by atoms with Gasteiger partial charge in [0, 0.05) is 21.9 Å². The van der Waals surface area contributed by atoms with Crippen molar-refractivity contribution < 1.29 is 9.47 Å². The first-order valence-electron chi connectivity index (χ1n) is 5.09. The maximum Gasteiger partial charge on any atom is 0.161 e. The van der Waals surface area contributed by atoms with Gasteiger partial charge < -0.3 is 14.5 Å². The fourth-order valence-corrected chi connectivity index (χ4v) is 2.10. The van der Waals surface area contributed by atoms with Crippen LogP contribution in [0.5, 0.6) is 11.5 Å². The number of nitrogens with zero attached hydrogens (tertiary/aromatic N) is 1. The molecule has 2 aromatic rings. The van der Waals surface area contributed by atoms with Gasteiger partial charge in [-0.15, -0.1) is 0 Å². The molecule has 0 saturated heterocycles. The number of halogens is 1. The quantitative estimate of drug-likeness (QED) is 0.946. The Morgan fingerprint density at radius 1 is 1.18 bits per heavy atom. The zero-order chi connectivity index (χ0) is 12.4. The molecule has 0 radical (unpaired) electrons. The molecule has 0 aliphatic rings. The first-order valence-corrected chi connectivity index (χ1v) is 5.88. The molecule has 1 heterocycles. The minimum absolute atomic E-state index is 0.680. The summed E-state index contributed by atoms with van der Waals surface area (Å²) in [4.78, 5) is 7.48. The number of hydrogen-bond acceptors (Lipinski definition) is 3. The number of rotatable bonds is 3. The van der Waals surface area contributed by atoms with Gasteiger partial charge in [-0.05, 0) is 35.0 Å². The molecule has 2 rings (SSSR count). The molecule has 0 aliphatic heterocycles. The van der Waals surface area contributed by atoms with Crippen LogP contribution in [-0.2, 0) is 0 Å². The molecule has 5 heteroatoms. The van der Waals surface area contributed by atoms with E-state index < -0.39 is 0 Å². The predicted molar refractivity (Wildman–Crippen MR) is 69.6 cm³/mol. The second-order valence-electron chi connectivity index (χ2n) is 3.60. The second kappa shape index (κ2) is 4.79. The van der Waals surface area contributed by atoms with E-state index in [9.17, 15) is 0 Å². The van der Waals surface area contributed by atoms with Crippen LogP contribution in [0.15, 0.2) is 22.8 Å². The summed E-state index contributed by atoms with van der Waals surface area (Å²) in [6.45, 7) is 1.96. The number of hydrogen-bond donors (Lipinski definition) is 1. The molecule has 1 aromatic heterocycles. The Morgan fingerprint density at radius 2 is 1.82 bits per heavy atom. The molecule has 0 spiro atoms. The molecule has 0 amide bonds. The predicted octanol–water partition coefficient (Wildman–Crippen LogP) is 3.16. The SMILES string of the molecule is COc1cc(Br)c(-c2ncc(C)[nH]2)cc1OC. The van der Waals surface area contributed by atoms with Gasteiger partial charge in [0.1, 0.15) is 5.82 Å². The highest BCUT2D eigenvalue weighted by Crippen LogP contribution is 2.37. The van der Waals surface area contributed by atoms with E-state index in [1.165, 1.54) is 0 Å². The monoisotopic (exact) mass is 296 g/mol. The number of H-pyrrole nitrogens is 1. The van der Waals surface area contributed by atoms with Crippen LogP contribution in [0.1, 0.15) is 5.69 Å². The molecule has 1 aromatic carbocycles. The Hall–Kier alpha value is -1.49. The lowest BCUT2D eigenvalue weighted by molar-refractivity contribution is 0.355. The van der Waals surface area contributed by atoms with Crippen molar-refractivity contribution in [3.63, 3.8) is 0 Å². The number of nitrogens with one attached hydrogen (secondary N) is 1. The smallest absolute Gasteiger partial charge is 0.161 e. The molecular formula is C12H13BrN2O2. The van der Waals surface area contributed by atoms with Crippen molar-refractivity contribution in [1.82, 2.24) is 9.97 Å². The van der Waals surface area contributed by atoms with E-state index in [1.54, 1.807) is 20.4 Å². The van der Waals surface area contributed by atoms with E-state index in [1.807, 2.05) is 19.1 Å². The summed E-state index contributed by atoms with van der Waals surface area (Å²) >= 11 is 3.50. The van der Waals surface area contributed by atoms with Gasteiger partial charge in [0.2, 0.25) is 0 Å². The topological polar surface area (TPSA) is 47.1 Å². The molecule has 0 saturated carbocycles. The van der Waals surface area contributed by atoms with E-state index in [-0.39, 0.29) is 0 Å². The third-order valence-corrected chi connectivity index (χ3v) is 3.09. The Morgan fingerprint density at radius 3 is 2.35 bits per heavy atom. The number of aromatic amines is 1. The molecular weight excluding hydrogens is 284 g/mol. The van der Waals surface area contributed by atoms with E-state index >= 15 is 0 Å². The van der Waals surface area contributed by atoms with Crippen molar-refractivity contribution in [2.45, 2.75) is 6.92 Å². The van der Waals surface area contributed by atoms with Gasteiger partial charge in [-0.25, -0.2) is 4.98 Å². The van der Waals surface area contributed by atoms with Crippen LogP contribution in [0.25, 0.3) is 11.4 Å². The maximum atomic E-state index is 5.27. The van der Waals surface area contributed by atoms with Gasteiger partial charge in [0.15, 0.2) is 11.5 Å². The highest BCUT2D eigenvalue weighted by molar-refractivity contribution is 9.10. The fraction of sp³-hybridized carbons (Fsp3) is 0.250. The van der Waals surface area contributed by atoms with E-state index in [0.717, 1.165) is 21.6 Å². The van der Waals surface area contributed by atoms with Crippen LogP contribution in [0, 0.1) is 6.92 Å². The van der Waals surface area contributed by atoms with E-state index in [2.05, 4.69) is 25.9 Å². The number of benzene rings is 1. The summed E-state index contributed by atoms with van der Waals surface area (Å²) in [5, 5.41) is 0. The standard InChI is InChI=1S/C12H13BrN2O2/c1-7-6-14-12(15-7)8-4-10(16-2)11(17-3)5-9(8)13/h4-6H,1-3H3,(H,14,15). The Labute approximate surface area is 108 Å². The van der Waals surface area contributed by atoms with Gasteiger partial charge in [-0.1, -0.05) is 0 Å². The summed E-state index contributed by atoms with van der Waals surface area (Å²) in [5.74, 6) is 2.17. The van der Waals surface area contributed by atoms with Crippen molar-refractivity contribution in [2.75, 3.05) is 14.2 Å². The molecule has 0 bridgehead atoms. The van der Waals surface area contributed by atoms with Crippen LogP contribution < -0.4 is 9.47 Å². The van der Waals surface area contributed by atoms with Gasteiger partial charge in [-0.3, -0.25) is 0 Å². The van der Waals surface area contributed by atoms with Gasteiger partial charge >= 0.3 is 0 Å². The van der Waals surface area contributed by atoms with E-state index in [4.69, 9.17) is 9.47 Å². The average Bonchev–Trinajstić information content (AvgIpc) is 2.75. The molecule has 0 fully saturated rings. The number of ether oxygens (including phenoxy) is 2. The molecule has 90 valence electrons. The number of aryl methyl sites for hydroxylation is 1. The third-order valence-electron chi connectivity index (χ3n) is 2.43. The van der Waals surface area contributed by atoms with Crippen molar-refractivity contribution >= 4 is 15.9 Å². The second-order valence-corrected chi connectivity index (χ2v) is 4.46. The van der Waals surface area contributed by atoms with Crippen LogP contribution in [0.2, 0.25) is 0 Å². The van der Waals surface area contributed by atoms with Gasteiger partial charge in [-0.2, -0.15) is 0 Å². The van der Waals surface area contributed by atoms with Crippen molar-refractivity contribution in [3.8, 4) is 22.9 Å². The summed E-state index contributed by atoms with van der Waals surface area (Å²) in [5.41, 5.74) is 1.96. The number of imidazole rings is 1. The number of aromatic nitrogens is 2. The number of methoxy groups -OCH3 is 2. The lowest BCUT2D eigenvalue weighted by Gasteiger charge is -2.10. The lowest BCUT2D eigenvalue weighted by atomic mass is 10.2. The van der Waals surface area contributed by atoms with E-state index in [0.29, 0.717) is 11.5 Å². The fourth-order valence-electron chi connectivity index (χ4n) is 1.59. The molecule has 17 heavy (non-hydrogen) atoms. The Balaban J connectivity index is 2.55. The first-order chi connectivity index (χ1) is 8.15. The molecule has 0 aliphatic carbocycles. The summed E-state index contributed by atoms with van der Waals surface area (Å²) in [7, 11) is 3.23. The zero-order valence-corrected chi connectivity index (χ0v) is 11.5. The third kappa shape index (κ3) is 2.29. The summed E-state index contributed by atoms with van der Waals surface area (Å²) < 4.78 is 11.4. The van der Waals surface area contributed by atoms with Gasteiger partial charge in [0.05, 0.1) is 14.2 Å². The highest BCUT2D eigenvalue weighted by atomic mass is 79.9. The van der Waals surface area contributed by atoms with Crippen molar-refractivity contribution in [3.05, 3.63) is 28.5 Å². The van der Waals surface area contributed by atoms with Crippen molar-refractivity contribution in [1.29, 1.82) is 0 Å². The zero-order valence-electron chi connectivity index (χ0n) is 9.87. The van der Waals surface area contributed by atoms with Crippen LogP contribution >= 0.6 is 15.9 Å². The summed E-state index contributed by atoms with van der Waals surface area (Å²) in [6.07, 6.45) is 1.79. The Bertz CT molecular complexity index is 537. The maximum absolute atomic E-state index is 5.27. The minimum atomic E-state index is 0.680. The lowest BCUT2D eigenvalue weighted by Crippen LogP contribution is -1.92. The highest BCUT2D eigenvalue weighted by Gasteiger charge is 2.12. The molecule has 0 unspecified atom stereocenters. The average molecular weight is 297 g/mol. The van der Waals surface area contributed by atoms with Gasteiger partial charge in [0.25, 0.3) is 0 Å². The Kier molecular flexibility index (Phi) is 3.38. The molecule has 4 nitrogen and oxygen atoms in total. The normalized spacial score (nSPS) is 10.4. The van der Waals surface area contributed by atoms with Crippen LogP contribution in [-0.4, -0.2) is 24.2 Å². The minimum Gasteiger partial charge on any atom is -0.493 e. The molecule has 0 atom stereocenters.